The van der Waals surface area contributed by atoms with E-state index in [2.05, 4.69) is 0 Å². The van der Waals surface area contributed by atoms with E-state index in [1.54, 1.807) is 13.8 Å². The summed E-state index contributed by atoms with van der Waals surface area (Å²) >= 11 is 0. The van der Waals surface area contributed by atoms with Gasteiger partial charge >= 0.3 is 5.97 Å². The van der Waals surface area contributed by atoms with Crippen LogP contribution in [0.1, 0.15) is 52.4 Å². The molecule has 0 aliphatic heterocycles. The van der Waals surface area contributed by atoms with Crippen LogP contribution in [-0.2, 0) is 9.53 Å². The van der Waals surface area contributed by atoms with Gasteiger partial charge in [-0.05, 0) is 70.1 Å². The van der Waals surface area contributed by atoms with Crippen LogP contribution in [0.3, 0.4) is 0 Å². The number of hydrogen-bond acceptors (Lipinski definition) is 3. The monoisotopic (exact) mass is 287 g/mol. The van der Waals surface area contributed by atoms with Crippen LogP contribution in [0.4, 0.5) is 0 Å². The summed E-state index contributed by atoms with van der Waals surface area (Å²) in [6.45, 7) is 4.04. The van der Waals surface area contributed by atoms with E-state index in [9.17, 15) is 4.79 Å². The number of hydrogen-bond donors (Lipinski definition) is 1. The summed E-state index contributed by atoms with van der Waals surface area (Å²) in [7, 11) is 0. The first-order valence-corrected chi connectivity index (χ1v) is 7.32. The number of nitrogens with two attached hydrogens (primary N) is 1. The van der Waals surface area contributed by atoms with Crippen molar-refractivity contribution >= 4 is 18.4 Å². The van der Waals surface area contributed by atoms with E-state index in [1.165, 1.54) is 38.5 Å². The molecule has 110 valence electrons. The Labute approximate surface area is 122 Å². The van der Waals surface area contributed by atoms with E-state index in [4.69, 9.17) is 10.5 Å². The minimum absolute atomic E-state index is 0. The van der Waals surface area contributed by atoms with Crippen molar-refractivity contribution in [2.75, 3.05) is 6.61 Å². The molecule has 0 atom stereocenters. The van der Waals surface area contributed by atoms with E-state index in [-0.39, 0.29) is 18.4 Å². The van der Waals surface area contributed by atoms with Crippen molar-refractivity contribution in [2.24, 2.45) is 28.9 Å². The summed E-state index contributed by atoms with van der Waals surface area (Å²) in [4.78, 5) is 11.8. The summed E-state index contributed by atoms with van der Waals surface area (Å²) < 4.78 is 5.53. The van der Waals surface area contributed by atoms with Gasteiger partial charge in [-0.1, -0.05) is 0 Å². The fourth-order valence-electron chi connectivity index (χ4n) is 4.87. The average molecular weight is 288 g/mol. The van der Waals surface area contributed by atoms with Gasteiger partial charge in [-0.3, -0.25) is 4.79 Å². The molecule has 4 saturated carbocycles. The van der Waals surface area contributed by atoms with Gasteiger partial charge in [0.05, 0.1) is 6.61 Å². The summed E-state index contributed by atoms with van der Waals surface area (Å²) in [6.07, 6.45) is 8.10. The molecule has 4 aliphatic carbocycles. The highest BCUT2D eigenvalue weighted by molar-refractivity contribution is 5.85. The van der Waals surface area contributed by atoms with E-state index >= 15 is 0 Å². The Hall–Kier alpha value is -0.280. The predicted octanol–water partition coefficient (Wildman–Crippen LogP) is 2.91. The number of carbonyl (C=O) groups excluding carboxylic acids is 1. The molecule has 3 nitrogen and oxygen atoms in total. The van der Waals surface area contributed by atoms with Crippen LogP contribution in [-0.4, -0.2) is 18.1 Å². The van der Waals surface area contributed by atoms with Gasteiger partial charge in [0.15, 0.2) is 0 Å². The SMILES string of the molecule is CC(C)(N)C(=O)OCC12CC3CC(CC(C3)C1)C2.Cl. The van der Waals surface area contributed by atoms with Crippen LogP contribution in [0.2, 0.25) is 0 Å². The second-order valence-corrected chi connectivity index (χ2v) is 7.72. The number of rotatable bonds is 3. The molecule has 4 bridgehead atoms. The summed E-state index contributed by atoms with van der Waals surface area (Å²) in [5, 5.41) is 0. The fraction of sp³-hybridized carbons (Fsp3) is 0.933. The van der Waals surface area contributed by atoms with Crippen LogP contribution >= 0.6 is 12.4 Å². The Morgan fingerprint density at radius 3 is 1.95 bits per heavy atom. The lowest BCUT2D eigenvalue weighted by molar-refractivity contribution is -0.160. The first kappa shape index (κ1) is 15.1. The van der Waals surface area contributed by atoms with Gasteiger partial charge < -0.3 is 10.5 Å². The van der Waals surface area contributed by atoms with Gasteiger partial charge in [0.1, 0.15) is 5.54 Å². The topological polar surface area (TPSA) is 52.3 Å². The number of carbonyl (C=O) groups is 1. The molecule has 0 radical (unpaired) electrons. The molecule has 4 rings (SSSR count). The average Bonchev–Trinajstić information content (AvgIpc) is 2.22. The first-order chi connectivity index (χ1) is 8.36. The summed E-state index contributed by atoms with van der Waals surface area (Å²) in [5.74, 6) is 2.46. The van der Waals surface area contributed by atoms with E-state index in [0.29, 0.717) is 12.0 Å². The molecule has 0 saturated heterocycles. The van der Waals surface area contributed by atoms with Crippen LogP contribution < -0.4 is 5.73 Å². The molecular weight excluding hydrogens is 262 g/mol. The molecule has 4 fully saturated rings. The van der Waals surface area contributed by atoms with Gasteiger partial charge in [0.2, 0.25) is 0 Å². The molecule has 0 unspecified atom stereocenters. The predicted molar refractivity (Wildman–Crippen MR) is 77.1 cm³/mol. The third-order valence-electron chi connectivity index (χ3n) is 5.20. The van der Waals surface area contributed by atoms with E-state index in [0.717, 1.165) is 17.8 Å². The largest absolute Gasteiger partial charge is 0.464 e. The highest BCUT2D eigenvalue weighted by Crippen LogP contribution is 2.60. The fourth-order valence-corrected chi connectivity index (χ4v) is 4.87. The third kappa shape index (κ3) is 2.92. The lowest BCUT2D eigenvalue weighted by Gasteiger charge is -2.56. The second-order valence-electron chi connectivity index (χ2n) is 7.72. The minimum atomic E-state index is -0.859. The smallest absolute Gasteiger partial charge is 0.325 e. The molecule has 0 amide bonds. The van der Waals surface area contributed by atoms with Crippen molar-refractivity contribution in [3.63, 3.8) is 0 Å². The zero-order valence-electron chi connectivity index (χ0n) is 12.0. The van der Waals surface area contributed by atoms with Gasteiger partial charge in [-0.15, -0.1) is 12.4 Å². The Kier molecular flexibility index (Phi) is 3.92. The molecule has 0 heterocycles. The Morgan fingerprint density at radius 1 is 1.16 bits per heavy atom. The number of ether oxygens (including phenoxy) is 1. The number of esters is 1. The van der Waals surface area contributed by atoms with Crippen molar-refractivity contribution in [3.8, 4) is 0 Å². The first-order valence-electron chi connectivity index (χ1n) is 7.32. The van der Waals surface area contributed by atoms with Gasteiger partial charge in [0, 0.05) is 5.41 Å². The van der Waals surface area contributed by atoms with Crippen LogP contribution in [0.15, 0.2) is 0 Å². The summed E-state index contributed by atoms with van der Waals surface area (Å²) in [5.41, 5.74) is 5.22. The highest BCUT2D eigenvalue weighted by atomic mass is 35.5. The Morgan fingerprint density at radius 2 is 1.58 bits per heavy atom. The molecule has 19 heavy (non-hydrogen) atoms. The molecule has 0 aromatic heterocycles. The number of halogens is 1. The van der Waals surface area contributed by atoms with Crippen LogP contribution in [0, 0.1) is 23.2 Å². The lowest BCUT2D eigenvalue weighted by atomic mass is 9.50. The maximum Gasteiger partial charge on any atom is 0.325 e. The molecule has 0 aromatic carbocycles. The maximum absolute atomic E-state index is 11.8. The minimum Gasteiger partial charge on any atom is -0.464 e. The van der Waals surface area contributed by atoms with Crippen molar-refractivity contribution in [3.05, 3.63) is 0 Å². The molecule has 4 heteroatoms. The standard InChI is InChI=1S/C15H25NO2.ClH/c1-14(2,16)13(17)18-9-15-6-10-3-11(7-15)5-12(4-10)8-15;/h10-12H,3-9,16H2,1-2H3;1H. The van der Waals surface area contributed by atoms with Crippen LogP contribution in [0.25, 0.3) is 0 Å². The van der Waals surface area contributed by atoms with Gasteiger partial charge in [0.25, 0.3) is 0 Å². The van der Waals surface area contributed by atoms with Gasteiger partial charge in [-0.2, -0.15) is 0 Å². The van der Waals surface area contributed by atoms with Crippen molar-refractivity contribution in [1.82, 2.24) is 0 Å². The normalized spacial score (nSPS) is 39.8. The molecule has 2 N–H and O–H groups in total. The Bertz CT molecular complexity index is 326. The molecule has 0 spiro atoms. The van der Waals surface area contributed by atoms with Crippen molar-refractivity contribution in [2.45, 2.75) is 57.9 Å². The molecule has 0 aromatic rings. The zero-order chi connectivity index (χ0) is 13.0. The summed E-state index contributed by atoms with van der Waals surface area (Å²) in [6, 6.07) is 0. The Balaban J connectivity index is 0.00000133. The lowest BCUT2D eigenvalue weighted by Crippen LogP contribution is -2.50. The van der Waals surface area contributed by atoms with Gasteiger partial charge in [-0.25, -0.2) is 0 Å². The molecular formula is C15H26ClNO2. The molecule has 4 aliphatic rings. The van der Waals surface area contributed by atoms with Crippen LogP contribution in [0.5, 0.6) is 0 Å². The second kappa shape index (κ2) is 4.92. The zero-order valence-corrected chi connectivity index (χ0v) is 12.8. The maximum atomic E-state index is 11.8. The highest BCUT2D eigenvalue weighted by Gasteiger charge is 2.51. The van der Waals surface area contributed by atoms with Crippen molar-refractivity contribution < 1.29 is 9.53 Å². The van der Waals surface area contributed by atoms with E-state index in [1.807, 2.05) is 0 Å². The van der Waals surface area contributed by atoms with Crippen molar-refractivity contribution in [1.29, 1.82) is 0 Å². The third-order valence-corrected chi connectivity index (χ3v) is 5.20. The van der Waals surface area contributed by atoms with E-state index < -0.39 is 5.54 Å². The quantitative estimate of drug-likeness (QED) is 0.812.